The van der Waals surface area contributed by atoms with Gasteiger partial charge in [0.1, 0.15) is 5.69 Å². The molecule has 1 aromatic rings. The fourth-order valence-electron chi connectivity index (χ4n) is 1.85. The van der Waals surface area contributed by atoms with E-state index in [1.165, 1.54) is 0 Å². The molecular weight excluding hydrogens is 192 g/mol. The lowest BCUT2D eigenvalue weighted by atomic mass is 10.1. The molecule has 5 nitrogen and oxygen atoms in total. The first-order valence-corrected chi connectivity index (χ1v) is 5.15. The van der Waals surface area contributed by atoms with E-state index in [1.807, 2.05) is 6.92 Å². The third kappa shape index (κ3) is 1.87. The molecule has 1 aliphatic rings. The van der Waals surface area contributed by atoms with Crippen LogP contribution in [0.25, 0.3) is 0 Å². The van der Waals surface area contributed by atoms with E-state index in [4.69, 9.17) is 5.73 Å². The molecule has 5 heteroatoms. The molecule has 2 atom stereocenters. The summed E-state index contributed by atoms with van der Waals surface area (Å²) in [6.07, 6.45) is 0. The Morgan fingerprint density at radius 2 is 2.40 bits per heavy atom. The number of nitrogens with one attached hydrogen (secondary N) is 1. The van der Waals surface area contributed by atoms with Crippen LogP contribution in [0.1, 0.15) is 23.1 Å². The number of nitrogens with two attached hydrogens (primary N) is 1. The maximum Gasteiger partial charge on any atom is 0.274 e. The highest BCUT2D eigenvalue weighted by molar-refractivity contribution is 5.92. The zero-order valence-electron chi connectivity index (χ0n) is 9.03. The first-order chi connectivity index (χ1) is 7.08. The molecule has 3 N–H and O–H groups in total. The molecule has 0 spiro atoms. The summed E-state index contributed by atoms with van der Waals surface area (Å²) in [5, 5.41) is 6.72. The minimum absolute atomic E-state index is 0.0286. The Labute approximate surface area is 88.6 Å². The van der Waals surface area contributed by atoms with Gasteiger partial charge >= 0.3 is 0 Å². The zero-order chi connectivity index (χ0) is 11.0. The van der Waals surface area contributed by atoms with Gasteiger partial charge in [0.05, 0.1) is 0 Å². The standard InChI is InChI=1S/C10H16N4O/c1-6-4-14(5-8(6)11)10(15)9-3-7(2)12-13-9/h3,6,8H,4-5,11H2,1-2H3,(H,12,13). The molecule has 0 aliphatic carbocycles. The summed E-state index contributed by atoms with van der Waals surface area (Å²) >= 11 is 0. The van der Waals surface area contributed by atoms with Crippen molar-refractivity contribution in [2.24, 2.45) is 11.7 Å². The number of aryl methyl sites for hydroxylation is 1. The summed E-state index contributed by atoms with van der Waals surface area (Å²) in [5.41, 5.74) is 7.25. The third-order valence-corrected chi connectivity index (χ3v) is 2.88. The van der Waals surface area contributed by atoms with Crippen molar-refractivity contribution >= 4 is 5.91 Å². The molecule has 0 saturated carbocycles. The van der Waals surface area contributed by atoms with Crippen LogP contribution in [-0.2, 0) is 0 Å². The topological polar surface area (TPSA) is 75.0 Å². The van der Waals surface area contributed by atoms with E-state index < -0.39 is 0 Å². The highest BCUT2D eigenvalue weighted by Crippen LogP contribution is 2.16. The van der Waals surface area contributed by atoms with E-state index in [9.17, 15) is 4.79 Å². The molecule has 1 fully saturated rings. The normalized spacial score (nSPS) is 25.9. The molecule has 1 saturated heterocycles. The van der Waals surface area contributed by atoms with Gasteiger partial charge < -0.3 is 10.6 Å². The van der Waals surface area contributed by atoms with Gasteiger partial charge in [-0.3, -0.25) is 9.89 Å². The van der Waals surface area contributed by atoms with Gasteiger partial charge in [-0.2, -0.15) is 5.10 Å². The Bertz CT molecular complexity index is 363. The maximum atomic E-state index is 11.9. The van der Waals surface area contributed by atoms with Crippen LogP contribution in [0.15, 0.2) is 6.07 Å². The van der Waals surface area contributed by atoms with Crippen molar-refractivity contribution in [3.8, 4) is 0 Å². The lowest BCUT2D eigenvalue weighted by Crippen LogP contribution is -2.32. The van der Waals surface area contributed by atoms with E-state index in [2.05, 4.69) is 17.1 Å². The Kier molecular flexibility index (Phi) is 2.48. The summed E-state index contributed by atoms with van der Waals surface area (Å²) in [4.78, 5) is 13.7. The molecule has 0 aromatic carbocycles. The van der Waals surface area contributed by atoms with Crippen molar-refractivity contribution in [2.75, 3.05) is 13.1 Å². The SMILES string of the molecule is Cc1cc(C(=O)N2CC(C)C(N)C2)n[nH]1. The average Bonchev–Trinajstić information content (AvgIpc) is 2.74. The lowest BCUT2D eigenvalue weighted by molar-refractivity contribution is 0.0781. The van der Waals surface area contributed by atoms with Crippen molar-refractivity contribution in [2.45, 2.75) is 19.9 Å². The first-order valence-electron chi connectivity index (χ1n) is 5.15. The van der Waals surface area contributed by atoms with Crippen LogP contribution in [0.2, 0.25) is 0 Å². The second-order valence-electron chi connectivity index (χ2n) is 4.29. The number of rotatable bonds is 1. The monoisotopic (exact) mass is 208 g/mol. The predicted molar refractivity (Wildman–Crippen MR) is 56.4 cm³/mol. The number of aromatic amines is 1. The molecule has 1 amide bonds. The van der Waals surface area contributed by atoms with Crippen LogP contribution in [0.3, 0.4) is 0 Å². The van der Waals surface area contributed by atoms with Gasteiger partial charge in [0.25, 0.3) is 5.91 Å². The quantitative estimate of drug-likeness (QED) is 0.689. The van der Waals surface area contributed by atoms with Crippen molar-refractivity contribution in [1.82, 2.24) is 15.1 Å². The summed E-state index contributed by atoms with van der Waals surface area (Å²) < 4.78 is 0. The molecule has 2 rings (SSSR count). The Morgan fingerprint density at radius 1 is 1.67 bits per heavy atom. The van der Waals surface area contributed by atoms with Crippen molar-refractivity contribution < 1.29 is 4.79 Å². The van der Waals surface area contributed by atoms with E-state index in [0.717, 1.165) is 12.2 Å². The van der Waals surface area contributed by atoms with Crippen LogP contribution in [-0.4, -0.2) is 40.1 Å². The Hall–Kier alpha value is -1.36. The third-order valence-electron chi connectivity index (χ3n) is 2.88. The molecule has 15 heavy (non-hydrogen) atoms. The molecule has 0 radical (unpaired) electrons. The molecule has 2 heterocycles. The Morgan fingerprint density at radius 3 is 2.87 bits per heavy atom. The van der Waals surface area contributed by atoms with Crippen LogP contribution in [0.5, 0.6) is 0 Å². The number of aromatic nitrogens is 2. The smallest absolute Gasteiger partial charge is 0.274 e. The van der Waals surface area contributed by atoms with Crippen LogP contribution < -0.4 is 5.73 Å². The molecular formula is C10H16N4O. The predicted octanol–water partition coefficient (Wildman–Crippen LogP) is 0.137. The van der Waals surface area contributed by atoms with E-state index >= 15 is 0 Å². The summed E-state index contributed by atoms with van der Waals surface area (Å²) in [5.74, 6) is 0.341. The number of H-pyrrole nitrogens is 1. The van der Waals surface area contributed by atoms with Gasteiger partial charge in [-0.15, -0.1) is 0 Å². The van der Waals surface area contributed by atoms with Crippen molar-refractivity contribution in [3.05, 3.63) is 17.5 Å². The molecule has 2 unspecified atom stereocenters. The fraction of sp³-hybridized carbons (Fsp3) is 0.600. The number of hydrogen-bond donors (Lipinski definition) is 2. The second-order valence-corrected chi connectivity index (χ2v) is 4.29. The Balaban J connectivity index is 2.10. The average molecular weight is 208 g/mol. The first kappa shape index (κ1) is 10.2. The molecule has 82 valence electrons. The van der Waals surface area contributed by atoms with Gasteiger partial charge in [0.15, 0.2) is 0 Å². The summed E-state index contributed by atoms with van der Waals surface area (Å²) in [6, 6.07) is 1.85. The maximum absolute atomic E-state index is 11.9. The molecule has 0 bridgehead atoms. The summed E-state index contributed by atoms with van der Waals surface area (Å²) in [6.45, 7) is 5.30. The molecule has 1 aliphatic heterocycles. The highest BCUT2D eigenvalue weighted by atomic mass is 16.2. The number of likely N-dealkylation sites (tertiary alicyclic amines) is 1. The minimum atomic E-state index is -0.0286. The highest BCUT2D eigenvalue weighted by Gasteiger charge is 2.31. The van der Waals surface area contributed by atoms with Crippen molar-refractivity contribution in [1.29, 1.82) is 0 Å². The summed E-state index contributed by atoms with van der Waals surface area (Å²) in [7, 11) is 0. The van der Waals surface area contributed by atoms with E-state index in [1.54, 1.807) is 11.0 Å². The van der Waals surface area contributed by atoms with Gasteiger partial charge in [0.2, 0.25) is 0 Å². The van der Waals surface area contributed by atoms with Crippen LogP contribution >= 0.6 is 0 Å². The van der Waals surface area contributed by atoms with Crippen LogP contribution in [0.4, 0.5) is 0 Å². The largest absolute Gasteiger partial charge is 0.335 e. The van der Waals surface area contributed by atoms with Gasteiger partial charge in [-0.1, -0.05) is 6.92 Å². The fourth-order valence-corrected chi connectivity index (χ4v) is 1.85. The van der Waals surface area contributed by atoms with Gasteiger partial charge in [-0.25, -0.2) is 0 Å². The minimum Gasteiger partial charge on any atom is -0.335 e. The molecule has 1 aromatic heterocycles. The van der Waals surface area contributed by atoms with E-state index in [0.29, 0.717) is 18.2 Å². The number of nitrogens with zero attached hydrogens (tertiary/aromatic N) is 2. The second kappa shape index (κ2) is 3.66. The zero-order valence-corrected chi connectivity index (χ0v) is 9.03. The number of amides is 1. The number of hydrogen-bond acceptors (Lipinski definition) is 3. The number of carbonyl (C=O) groups excluding carboxylic acids is 1. The number of carbonyl (C=O) groups is 1. The van der Waals surface area contributed by atoms with Gasteiger partial charge in [0, 0.05) is 24.8 Å². The van der Waals surface area contributed by atoms with E-state index in [-0.39, 0.29) is 11.9 Å². The van der Waals surface area contributed by atoms with Crippen molar-refractivity contribution in [3.63, 3.8) is 0 Å². The lowest BCUT2D eigenvalue weighted by Gasteiger charge is -2.13. The van der Waals surface area contributed by atoms with Gasteiger partial charge in [-0.05, 0) is 18.9 Å². The van der Waals surface area contributed by atoms with Crippen LogP contribution in [0, 0.1) is 12.8 Å².